The minimum atomic E-state index is -0.456. The lowest BCUT2D eigenvalue weighted by atomic mass is 10.1. The van der Waals surface area contributed by atoms with Crippen LogP contribution in [-0.4, -0.2) is 25.4 Å². The Bertz CT molecular complexity index is 561. The molecule has 0 amide bonds. The summed E-state index contributed by atoms with van der Waals surface area (Å²) >= 11 is 0. The van der Waals surface area contributed by atoms with Gasteiger partial charge in [0, 0.05) is 5.56 Å². The molecule has 0 radical (unpaired) electrons. The smallest absolute Gasteiger partial charge is 0.367 e. The van der Waals surface area contributed by atoms with Gasteiger partial charge in [-0.1, -0.05) is 17.3 Å². The van der Waals surface area contributed by atoms with Crippen LogP contribution in [0.2, 0.25) is 0 Å². The Morgan fingerprint density at radius 3 is 2.79 bits per heavy atom. The minimum absolute atomic E-state index is 0.425. The van der Waals surface area contributed by atoms with Gasteiger partial charge in [0.05, 0.1) is 25.0 Å². The summed E-state index contributed by atoms with van der Waals surface area (Å²) in [6.07, 6.45) is 1.70. The first kappa shape index (κ1) is 13.1. The average molecular weight is 261 g/mol. The van der Waals surface area contributed by atoms with Gasteiger partial charge in [-0.05, 0) is 26.0 Å². The van der Waals surface area contributed by atoms with Crippen LogP contribution in [0.3, 0.4) is 0 Å². The van der Waals surface area contributed by atoms with Crippen molar-refractivity contribution in [2.75, 3.05) is 13.7 Å². The van der Waals surface area contributed by atoms with E-state index in [1.165, 1.54) is 0 Å². The molecule has 19 heavy (non-hydrogen) atoms. The van der Waals surface area contributed by atoms with E-state index in [0.717, 1.165) is 5.56 Å². The lowest BCUT2D eigenvalue weighted by molar-refractivity contribution is -0.136. The summed E-state index contributed by atoms with van der Waals surface area (Å²) in [7, 11) is 1.57. The second-order valence-corrected chi connectivity index (χ2v) is 3.93. The molecule has 0 spiro atoms. The summed E-state index contributed by atoms with van der Waals surface area (Å²) < 4.78 is 10.8. The van der Waals surface area contributed by atoms with Crippen molar-refractivity contribution in [2.24, 2.45) is 5.16 Å². The third-order valence-electron chi connectivity index (χ3n) is 2.69. The van der Waals surface area contributed by atoms with Gasteiger partial charge in [-0.3, -0.25) is 0 Å². The molecule has 100 valence electrons. The fourth-order valence-corrected chi connectivity index (χ4v) is 1.78. The highest BCUT2D eigenvalue weighted by molar-refractivity contribution is 6.24. The van der Waals surface area contributed by atoms with Gasteiger partial charge in [0.25, 0.3) is 0 Å². The zero-order chi connectivity index (χ0) is 13.8. The topological polar surface area (TPSA) is 57.1 Å². The zero-order valence-electron chi connectivity index (χ0n) is 11.1. The molecule has 1 aromatic rings. The Labute approximate surface area is 111 Å². The molecule has 1 heterocycles. The molecule has 1 aliphatic rings. The monoisotopic (exact) mass is 261 g/mol. The van der Waals surface area contributed by atoms with Crippen LogP contribution >= 0.6 is 0 Å². The van der Waals surface area contributed by atoms with E-state index in [1.807, 2.05) is 19.1 Å². The van der Waals surface area contributed by atoms with Gasteiger partial charge >= 0.3 is 5.97 Å². The molecule has 0 N–H and O–H groups in total. The lowest BCUT2D eigenvalue weighted by Gasteiger charge is -2.12. The van der Waals surface area contributed by atoms with E-state index < -0.39 is 5.97 Å². The number of ether oxygens (including phenoxy) is 2. The summed E-state index contributed by atoms with van der Waals surface area (Å²) in [5, 5.41) is 3.64. The van der Waals surface area contributed by atoms with Gasteiger partial charge in [-0.25, -0.2) is 4.79 Å². The maximum Gasteiger partial charge on any atom is 0.367 e. The van der Waals surface area contributed by atoms with Crippen molar-refractivity contribution >= 4 is 17.8 Å². The number of benzene rings is 1. The van der Waals surface area contributed by atoms with Crippen LogP contribution in [0.15, 0.2) is 28.9 Å². The van der Waals surface area contributed by atoms with Crippen LogP contribution in [0.4, 0.5) is 0 Å². The molecule has 1 aliphatic heterocycles. The molecule has 0 fully saturated rings. The van der Waals surface area contributed by atoms with Crippen molar-refractivity contribution in [2.45, 2.75) is 13.8 Å². The summed E-state index contributed by atoms with van der Waals surface area (Å²) in [6, 6.07) is 5.49. The number of hydrogen-bond acceptors (Lipinski definition) is 5. The van der Waals surface area contributed by atoms with Gasteiger partial charge in [0.2, 0.25) is 0 Å². The Morgan fingerprint density at radius 2 is 2.21 bits per heavy atom. The molecule has 1 aromatic carbocycles. The van der Waals surface area contributed by atoms with Gasteiger partial charge < -0.3 is 14.3 Å². The van der Waals surface area contributed by atoms with Crippen LogP contribution in [-0.2, 0) is 9.63 Å². The van der Waals surface area contributed by atoms with E-state index in [-0.39, 0.29) is 0 Å². The molecular weight excluding hydrogens is 246 g/mol. The fraction of sp³-hybridized carbons (Fsp3) is 0.286. The Kier molecular flexibility index (Phi) is 3.85. The van der Waals surface area contributed by atoms with Crippen LogP contribution in [0.1, 0.15) is 19.4 Å². The highest BCUT2D eigenvalue weighted by Gasteiger charge is 2.22. The first-order valence-electron chi connectivity index (χ1n) is 5.95. The number of rotatable bonds is 4. The number of carbonyl (C=O) groups is 1. The number of methoxy groups -OCH3 is 1. The Hall–Kier alpha value is -2.30. The first-order chi connectivity index (χ1) is 9.17. The Balaban J connectivity index is 2.48. The van der Waals surface area contributed by atoms with E-state index in [2.05, 4.69) is 9.99 Å². The van der Waals surface area contributed by atoms with E-state index in [1.54, 1.807) is 26.2 Å². The quantitative estimate of drug-likeness (QED) is 0.617. The van der Waals surface area contributed by atoms with Crippen LogP contribution < -0.4 is 9.47 Å². The van der Waals surface area contributed by atoms with Crippen molar-refractivity contribution in [3.8, 4) is 11.5 Å². The predicted octanol–water partition coefficient (Wildman–Crippen LogP) is 2.41. The number of oxime groups is 1. The van der Waals surface area contributed by atoms with Gasteiger partial charge in [-0.15, -0.1) is 0 Å². The van der Waals surface area contributed by atoms with E-state index >= 15 is 0 Å². The molecule has 0 saturated heterocycles. The van der Waals surface area contributed by atoms with Gasteiger partial charge in [-0.2, -0.15) is 0 Å². The fourth-order valence-electron chi connectivity index (χ4n) is 1.78. The maximum absolute atomic E-state index is 11.5. The zero-order valence-corrected chi connectivity index (χ0v) is 11.1. The maximum atomic E-state index is 11.5. The molecule has 0 atom stereocenters. The summed E-state index contributed by atoms with van der Waals surface area (Å²) in [6.45, 7) is 4.12. The molecule has 0 aliphatic carbocycles. The molecule has 0 bridgehead atoms. The number of nitrogens with zero attached hydrogens (tertiary/aromatic N) is 1. The number of hydrogen-bond donors (Lipinski definition) is 0. The van der Waals surface area contributed by atoms with Crippen LogP contribution in [0.25, 0.3) is 6.08 Å². The average Bonchev–Trinajstić information content (AvgIpc) is 2.72. The first-order valence-corrected chi connectivity index (χ1v) is 5.95. The van der Waals surface area contributed by atoms with Crippen molar-refractivity contribution in [1.82, 2.24) is 0 Å². The Morgan fingerprint density at radius 1 is 1.42 bits per heavy atom. The molecular formula is C14H15NO4. The second-order valence-electron chi connectivity index (χ2n) is 3.93. The highest BCUT2D eigenvalue weighted by atomic mass is 16.7. The molecule has 0 aromatic heterocycles. The standard InChI is InChI=1S/C14H15NO4/c1-4-18-13-10(6-5-7-12(13)17-3)8-11-9(2)15-19-14(11)16/h5-8H,4H2,1-3H3/b11-8-. The van der Waals surface area contributed by atoms with Crippen molar-refractivity contribution in [3.05, 3.63) is 29.3 Å². The number of para-hydroxylation sites is 1. The lowest BCUT2D eigenvalue weighted by Crippen LogP contribution is -2.03. The van der Waals surface area contributed by atoms with Crippen molar-refractivity contribution in [3.63, 3.8) is 0 Å². The van der Waals surface area contributed by atoms with Crippen LogP contribution in [0.5, 0.6) is 11.5 Å². The molecule has 0 saturated carbocycles. The van der Waals surface area contributed by atoms with Crippen LogP contribution in [0, 0.1) is 0 Å². The molecule has 2 rings (SSSR count). The largest absolute Gasteiger partial charge is 0.493 e. The third kappa shape index (κ3) is 2.59. The van der Waals surface area contributed by atoms with E-state index in [9.17, 15) is 4.79 Å². The minimum Gasteiger partial charge on any atom is -0.493 e. The second kappa shape index (κ2) is 5.56. The van der Waals surface area contributed by atoms with Crippen molar-refractivity contribution in [1.29, 1.82) is 0 Å². The van der Waals surface area contributed by atoms with E-state index in [4.69, 9.17) is 9.47 Å². The molecule has 5 heteroatoms. The molecule has 0 unspecified atom stereocenters. The SMILES string of the molecule is CCOc1c(/C=C2\C(=O)ON=C2C)cccc1OC. The van der Waals surface area contributed by atoms with Gasteiger partial charge in [0.1, 0.15) is 0 Å². The summed E-state index contributed by atoms with van der Waals surface area (Å²) in [5.74, 6) is 0.771. The molecule has 5 nitrogen and oxygen atoms in total. The summed E-state index contributed by atoms with van der Waals surface area (Å²) in [4.78, 5) is 16.2. The number of carbonyl (C=O) groups excluding carboxylic acids is 1. The van der Waals surface area contributed by atoms with Crippen molar-refractivity contribution < 1.29 is 19.1 Å². The third-order valence-corrected chi connectivity index (χ3v) is 2.69. The highest BCUT2D eigenvalue weighted by Crippen LogP contribution is 2.33. The van der Waals surface area contributed by atoms with E-state index in [0.29, 0.717) is 29.4 Å². The summed E-state index contributed by atoms with van der Waals surface area (Å²) in [5.41, 5.74) is 1.73. The predicted molar refractivity (Wildman–Crippen MR) is 71.3 cm³/mol. The van der Waals surface area contributed by atoms with Gasteiger partial charge in [0.15, 0.2) is 11.5 Å². The normalized spacial score (nSPS) is 16.3.